The van der Waals surface area contributed by atoms with E-state index in [1.807, 2.05) is 48.5 Å². The summed E-state index contributed by atoms with van der Waals surface area (Å²) in [6.07, 6.45) is 1.77. The van der Waals surface area contributed by atoms with Crippen LogP contribution >= 0.6 is 28.1 Å². The molecule has 1 saturated heterocycles. The quantitative estimate of drug-likeness (QED) is 0.642. The average Bonchev–Trinajstić information content (AvgIpc) is 2.82. The van der Waals surface area contributed by atoms with Crippen LogP contribution < -0.4 is 15.0 Å². The second kappa shape index (κ2) is 6.52. The molecule has 2 aromatic rings. The summed E-state index contributed by atoms with van der Waals surface area (Å²) in [6.45, 7) is 0. The van der Waals surface area contributed by atoms with Gasteiger partial charge in [0.25, 0.3) is 5.91 Å². The van der Waals surface area contributed by atoms with Gasteiger partial charge in [-0.2, -0.15) is 0 Å². The number of methoxy groups -OCH3 is 1. The van der Waals surface area contributed by atoms with E-state index in [0.717, 1.165) is 21.5 Å². The Bertz CT molecular complexity index is 805. The molecule has 1 amide bonds. The second-order valence-electron chi connectivity index (χ2n) is 4.86. The number of carbonyl (C=O) groups excluding carboxylic acids is 1. The molecule has 1 heterocycles. The van der Waals surface area contributed by atoms with E-state index in [1.54, 1.807) is 13.2 Å². The summed E-state index contributed by atoms with van der Waals surface area (Å²) in [7, 11) is 1.61. The first-order valence-corrected chi connectivity index (χ1v) is 8.06. The first-order chi connectivity index (χ1) is 11.1. The molecule has 0 aromatic heterocycles. The first-order valence-electron chi connectivity index (χ1n) is 6.86. The fourth-order valence-corrected chi connectivity index (χ4v) is 3.14. The number of rotatable bonds is 3. The van der Waals surface area contributed by atoms with Gasteiger partial charge in [-0.05, 0) is 64.1 Å². The van der Waals surface area contributed by atoms with E-state index in [1.165, 1.54) is 4.90 Å². The highest BCUT2D eigenvalue weighted by Gasteiger charge is 2.31. The lowest BCUT2D eigenvalue weighted by atomic mass is 10.2. The summed E-state index contributed by atoms with van der Waals surface area (Å²) in [6, 6.07) is 14.9. The fourth-order valence-electron chi connectivity index (χ4n) is 2.29. The lowest BCUT2D eigenvalue weighted by molar-refractivity contribution is -0.113. The van der Waals surface area contributed by atoms with Gasteiger partial charge in [0.05, 0.1) is 17.3 Å². The van der Waals surface area contributed by atoms with Crippen molar-refractivity contribution in [2.45, 2.75) is 0 Å². The summed E-state index contributed by atoms with van der Waals surface area (Å²) in [5.41, 5.74) is 2.05. The maximum atomic E-state index is 12.6. The Balaban J connectivity index is 1.91. The van der Waals surface area contributed by atoms with Gasteiger partial charge in [-0.15, -0.1) is 0 Å². The predicted molar refractivity (Wildman–Crippen MR) is 98.3 cm³/mol. The molecule has 1 N–H and O–H groups in total. The lowest BCUT2D eigenvalue weighted by Gasteiger charge is -2.13. The number of amides is 1. The van der Waals surface area contributed by atoms with Crippen LogP contribution in [0, 0.1) is 0 Å². The van der Waals surface area contributed by atoms with Crippen molar-refractivity contribution in [3.05, 3.63) is 64.3 Å². The Hall–Kier alpha value is -2.18. The molecule has 1 aliphatic rings. The van der Waals surface area contributed by atoms with Crippen LogP contribution in [0.2, 0.25) is 0 Å². The molecule has 3 rings (SSSR count). The molecular formula is C17H13BrN2O2S. The summed E-state index contributed by atoms with van der Waals surface area (Å²) in [5.74, 6) is 0.562. The molecule has 1 aliphatic heterocycles. The first kappa shape index (κ1) is 15.7. The lowest BCUT2D eigenvalue weighted by Crippen LogP contribution is -2.30. The normalized spacial score (nSPS) is 15.9. The smallest absolute Gasteiger partial charge is 0.281 e. The zero-order valence-corrected chi connectivity index (χ0v) is 14.6. The topological polar surface area (TPSA) is 41.6 Å². The van der Waals surface area contributed by atoms with Crippen molar-refractivity contribution in [2.24, 2.45) is 0 Å². The van der Waals surface area contributed by atoms with Gasteiger partial charge in [0.15, 0.2) is 5.11 Å². The van der Waals surface area contributed by atoms with Gasteiger partial charge in [0.1, 0.15) is 11.4 Å². The van der Waals surface area contributed by atoms with Crippen molar-refractivity contribution in [3.8, 4) is 5.75 Å². The average molecular weight is 389 g/mol. The van der Waals surface area contributed by atoms with Crippen molar-refractivity contribution in [2.75, 3.05) is 12.0 Å². The van der Waals surface area contributed by atoms with Crippen LogP contribution in [-0.4, -0.2) is 18.1 Å². The number of anilines is 1. The van der Waals surface area contributed by atoms with Crippen LogP contribution in [0.5, 0.6) is 5.75 Å². The molecule has 23 heavy (non-hydrogen) atoms. The zero-order chi connectivity index (χ0) is 16.4. The Labute approximate surface area is 147 Å². The fraction of sp³-hybridized carbons (Fsp3) is 0.0588. The number of hydrogen-bond acceptors (Lipinski definition) is 3. The third-order valence-electron chi connectivity index (χ3n) is 3.38. The standard InChI is InChI=1S/C17H13BrN2O2S/c1-22-15-8-7-11(9-13(15)18)10-14-16(21)20(17(23)19-14)12-5-3-2-4-6-12/h2-10H,1H3,(H,19,23)/b14-10+. The van der Waals surface area contributed by atoms with Crippen LogP contribution in [-0.2, 0) is 4.79 Å². The van der Waals surface area contributed by atoms with E-state index >= 15 is 0 Å². The molecule has 0 radical (unpaired) electrons. The van der Waals surface area contributed by atoms with E-state index in [9.17, 15) is 4.79 Å². The van der Waals surface area contributed by atoms with Gasteiger partial charge >= 0.3 is 0 Å². The number of carbonyl (C=O) groups is 1. The van der Waals surface area contributed by atoms with Crippen molar-refractivity contribution in [3.63, 3.8) is 0 Å². The molecule has 6 heteroatoms. The van der Waals surface area contributed by atoms with Gasteiger partial charge in [-0.1, -0.05) is 24.3 Å². The number of nitrogens with zero attached hydrogens (tertiary/aromatic N) is 1. The molecule has 2 aromatic carbocycles. The van der Waals surface area contributed by atoms with Crippen LogP contribution in [0.3, 0.4) is 0 Å². The van der Waals surface area contributed by atoms with E-state index < -0.39 is 0 Å². The Morgan fingerprint density at radius 1 is 1.22 bits per heavy atom. The minimum absolute atomic E-state index is 0.173. The number of halogens is 1. The summed E-state index contributed by atoms with van der Waals surface area (Å²) < 4.78 is 6.03. The van der Waals surface area contributed by atoms with Crippen LogP contribution in [0.4, 0.5) is 5.69 Å². The minimum Gasteiger partial charge on any atom is -0.496 e. The third-order valence-corrected chi connectivity index (χ3v) is 4.28. The number of thiocarbonyl (C=S) groups is 1. The molecule has 4 nitrogen and oxygen atoms in total. The zero-order valence-electron chi connectivity index (χ0n) is 12.2. The SMILES string of the molecule is COc1ccc(/C=C2/NC(=S)N(c3ccccc3)C2=O)cc1Br. The van der Waals surface area contributed by atoms with Gasteiger partial charge in [0.2, 0.25) is 0 Å². The van der Waals surface area contributed by atoms with E-state index in [2.05, 4.69) is 21.2 Å². The minimum atomic E-state index is -0.173. The van der Waals surface area contributed by atoms with Gasteiger partial charge in [-0.3, -0.25) is 9.69 Å². The van der Waals surface area contributed by atoms with Crippen molar-refractivity contribution < 1.29 is 9.53 Å². The molecule has 116 valence electrons. The molecule has 0 spiro atoms. The second-order valence-corrected chi connectivity index (χ2v) is 6.10. The maximum absolute atomic E-state index is 12.6. The molecule has 0 bridgehead atoms. The third kappa shape index (κ3) is 3.13. The highest BCUT2D eigenvalue weighted by atomic mass is 79.9. The molecule has 0 saturated carbocycles. The molecule has 0 atom stereocenters. The summed E-state index contributed by atoms with van der Waals surface area (Å²) in [4.78, 5) is 14.1. The molecule has 1 fully saturated rings. The number of nitrogens with one attached hydrogen (secondary N) is 1. The monoisotopic (exact) mass is 388 g/mol. The molecular weight excluding hydrogens is 376 g/mol. The van der Waals surface area contributed by atoms with Crippen molar-refractivity contribution in [1.29, 1.82) is 0 Å². The largest absolute Gasteiger partial charge is 0.496 e. The van der Waals surface area contributed by atoms with Gasteiger partial charge in [0, 0.05) is 0 Å². The maximum Gasteiger partial charge on any atom is 0.281 e. The number of hydrogen-bond donors (Lipinski definition) is 1. The predicted octanol–water partition coefficient (Wildman–Crippen LogP) is 3.72. The Kier molecular flexibility index (Phi) is 4.45. The van der Waals surface area contributed by atoms with Crippen molar-refractivity contribution >= 4 is 50.9 Å². The molecule has 0 unspecified atom stereocenters. The van der Waals surface area contributed by atoms with Gasteiger partial charge in [-0.25, -0.2) is 0 Å². The Morgan fingerprint density at radius 2 is 1.96 bits per heavy atom. The van der Waals surface area contributed by atoms with Gasteiger partial charge < -0.3 is 10.1 Å². The number of para-hydroxylation sites is 1. The van der Waals surface area contributed by atoms with E-state index in [0.29, 0.717) is 10.8 Å². The number of ether oxygens (including phenoxy) is 1. The highest BCUT2D eigenvalue weighted by molar-refractivity contribution is 9.10. The van der Waals surface area contributed by atoms with Crippen LogP contribution in [0.25, 0.3) is 6.08 Å². The number of benzene rings is 2. The van der Waals surface area contributed by atoms with Crippen molar-refractivity contribution in [1.82, 2.24) is 5.32 Å². The van der Waals surface area contributed by atoms with E-state index in [4.69, 9.17) is 17.0 Å². The van der Waals surface area contributed by atoms with E-state index in [-0.39, 0.29) is 5.91 Å². The van der Waals surface area contributed by atoms with Crippen LogP contribution in [0.15, 0.2) is 58.7 Å². The Morgan fingerprint density at radius 3 is 2.61 bits per heavy atom. The van der Waals surface area contributed by atoms with Crippen LogP contribution in [0.1, 0.15) is 5.56 Å². The highest BCUT2D eigenvalue weighted by Crippen LogP contribution is 2.27. The molecule has 0 aliphatic carbocycles. The summed E-state index contributed by atoms with van der Waals surface area (Å²) in [5, 5.41) is 3.35. The summed E-state index contributed by atoms with van der Waals surface area (Å²) >= 11 is 8.72.